The van der Waals surface area contributed by atoms with Crippen molar-refractivity contribution in [3.63, 3.8) is 0 Å². The minimum atomic E-state index is -3.02. The number of rotatable bonds is 3. The number of carbonyl (C=O) groups is 2. The molecule has 0 saturated carbocycles. The minimum Gasteiger partial charge on any atom is -0.273 e. The molecule has 1 aliphatic heterocycles. The molecule has 2 aromatic rings. The quantitative estimate of drug-likeness (QED) is 0.797. The van der Waals surface area contributed by atoms with Gasteiger partial charge in [0.15, 0.2) is 9.84 Å². The number of hydrazine groups is 1. The second-order valence-corrected chi connectivity index (χ2v) is 8.53. The lowest BCUT2D eigenvalue weighted by molar-refractivity contribution is -0.122. The van der Waals surface area contributed by atoms with Crippen LogP contribution in [0.1, 0.15) is 28.9 Å². The number of nitrogens with zero attached hydrogens (tertiary/aromatic N) is 1. The van der Waals surface area contributed by atoms with Crippen molar-refractivity contribution in [1.29, 1.82) is 0 Å². The molecular weight excluding hydrogens is 342 g/mol. The van der Waals surface area contributed by atoms with Crippen molar-refractivity contribution in [1.82, 2.24) is 15.8 Å². The molecule has 1 saturated heterocycles. The zero-order valence-corrected chi connectivity index (χ0v) is 14.6. The SMILES string of the molecule is Cc1cc(C(=O)NNC(=O)C[C@@H]2CCS(=O)(=O)C2)c2ccccc2n1. The summed E-state index contributed by atoms with van der Waals surface area (Å²) in [4.78, 5) is 28.7. The summed E-state index contributed by atoms with van der Waals surface area (Å²) < 4.78 is 22.8. The Morgan fingerprint density at radius 3 is 2.72 bits per heavy atom. The van der Waals surface area contributed by atoms with Crippen molar-refractivity contribution in [2.45, 2.75) is 19.8 Å². The summed E-state index contributed by atoms with van der Waals surface area (Å²) in [6, 6.07) is 8.93. The minimum absolute atomic E-state index is 0.0303. The third-order valence-electron chi connectivity index (χ3n) is 4.21. The average Bonchev–Trinajstić information content (AvgIpc) is 2.90. The zero-order chi connectivity index (χ0) is 18.0. The lowest BCUT2D eigenvalue weighted by Gasteiger charge is -2.11. The fourth-order valence-electron chi connectivity index (χ4n) is 3.04. The first-order valence-electron chi connectivity index (χ1n) is 8.00. The Morgan fingerprint density at radius 1 is 1.24 bits per heavy atom. The maximum Gasteiger partial charge on any atom is 0.270 e. The fraction of sp³-hybridized carbons (Fsp3) is 0.353. The molecule has 2 amide bonds. The first-order chi connectivity index (χ1) is 11.8. The van der Waals surface area contributed by atoms with E-state index in [-0.39, 0.29) is 23.8 Å². The van der Waals surface area contributed by atoms with Gasteiger partial charge in [-0.2, -0.15) is 0 Å². The van der Waals surface area contributed by atoms with Gasteiger partial charge in [0.05, 0.1) is 22.6 Å². The van der Waals surface area contributed by atoms with Crippen molar-refractivity contribution >= 4 is 32.6 Å². The molecular formula is C17H19N3O4S. The van der Waals surface area contributed by atoms with Gasteiger partial charge >= 0.3 is 0 Å². The Labute approximate surface area is 145 Å². The molecule has 1 aromatic heterocycles. The summed E-state index contributed by atoms with van der Waals surface area (Å²) in [5, 5.41) is 0.696. The number of carbonyl (C=O) groups excluding carboxylic acids is 2. The van der Waals surface area contributed by atoms with E-state index < -0.39 is 21.7 Å². The van der Waals surface area contributed by atoms with Crippen molar-refractivity contribution in [3.05, 3.63) is 41.6 Å². The Balaban J connectivity index is 1.64. The van der Waals surface area contributed by atoms with E-state index in [2.05, 4.69) is 15.8 Å². The number of hydrogen-bond donors (Lipinski definition) is 2. The molecule has 0 aliphatic carbocycles. The first-order valence-corrected chi connectivity index (χ1v) is 9.82. The molecule has 8 heteroatoms. The van der Waals surface area contributed by atoms with Gasteiger partial charge < -0.3 is 0 Å². The molecule has 25 heavy (non-hydrogen) atoms. The highest BCUT2D eigenvalue weighted by Crippen LogP contribution is 2.21. The van der Waals surface area contributed by atoms with Gasteiger partial charge in [0.25, 0.3) is 5.91 Å². The van der Waals surface area contributed by atoms with E-state index in [9.17, 15) is 18.0 Å². The van der Waals surface area contributed by atoms with Crippen LogP contribution in [0, 0.1) is 12.8 Å². The molecule has 2 N–H and O–H groups in total. The van der Waals surface area contributed by atoms with E-state index in [0.29, 0.717) is 28.6 Å². The predicted octanol–water partition coefficient (Wildman–Crippen LogP) is 1.13. The molecule has 0 bridgehead atoms. The fourth-order valence-corrected chi connectivity index (χ4v) is 4.90. The normalized spacial score (nSPS) is 18.8. The number of aromatic nitrogens is 1. The molecule has 0 unspecified atom stereocenters. The van der Waals surface area contributed by atoms with Crippen LogP contribution in [-0.4, -0.2) is 36.7 Å². The maximum absolute atomic E-state index is 12.4. The van der Waals surface area contributed by atoms with E-state index >= 15 is 0 Å². The average molecular weight is 361 g/mol. The van der Waals surface area contributed by atoms with E-state index in [1.165, 1.54) is 0 Å². The van der Waals surface area contributed by atoms with Crippen LogP contribution in [0.3, 0.4) is 0 Å². The van der Waals surface area contributed by atoms with Crippen LogP contribution in [0.15, 0.2) is 30.3 Å². The van der Waals surface area contributed by atoms with Crippen LogP contribution in [0.5, 0.6) is 0 Å². The third kappa shape index (κ3) is 4.14. The van der Waals surface area contributed by atoms with E-state index in [4.69, 9.17) is 0 Å². The summed E-state index contributed by atoms with van der Waals surface area (Å²) in [5.74, 6) is -0.868. The Kier molecular flexibility index (Phi) is 4.71. The lowest BCUT2D eigenvalue weighted by atomic mass is 10.1. The van der Waals surface area contributed by atoms with Crippen LogP contribution >= 0.6 is 0 Å². The van der Waals surface area contributed by atoms with Gasteiger partial charge in [-0.1, -0.05) is 18.2 Å². The molecule has 1 aromatic carbocycles. The first kappa shape index (κ1) is 17.3. The molecule has 3 rings (SSSR count). The number of sulfone groups is 1. The van der Waals surface area contributed by atoms with Crippen molar-refractivity contribution < 1.29 is 18.0 Å². The van der Waals surface area contributed by atoms with Gasteiger partial charge in [-0.25, -0.2) is 8.42 Å². The maximum atomic E-state index is 12.4. The van der Waals surface area contributed by atoms with Gasteiger partial charge in [-0.15, -0.1) is 0 Å². The third-order valence-corrected chi connectivity index (χ3v) is 6.04. The summed E-state index contributed by atoms with van der Waals surface area (Å²) in [7, 11) is -3.02. The molecule has 1 fully saturated rings. The van der Waals surface area contributed by atoms with Crippen molar-refractivity contribution in [2.24, 2.45) is 5.92 Å². The summed E-state index contributed by atoms with van der Waals surface area (Å²) in [6.45, 7) is 1.79. The van der Waals surface area contributed by atoms with Gasteiger partial charge in [-0.05, 0) is 31.4 Å². The highest BCUT2D eigenvalue weighted by Gasteiger charge is 2.29. The number of hydrogen-bond acceptors (Lipinski definition) is 5. The Hall–Kier alpha value is -2.48. The standard InChI is InChI=1S/C17H19N3O4S/c1-11-8-14(13-4-2-3-5-15(13)18-11)17(22)20-19-16(21)9-12-6-7-25(23,24)10-12/h2-5,8,12H,6-7,9-10H2,1H3,(H,19,21)(H,20,22)/t12-/m0/s1. The molecule has 1 aliphatic rings. The number of para-hydroxylation sites is 1. The summed E-state index contributed by atoms with van der Waals surface area (Å²) in [5.41, 5.74) is 6.59. The number of pyridine rings is 1. The second-order valence-electron chi connectivity index (χ2n) is 6.30. The van der Waals surface area contributed by atoms with E-state index in [1.807, 2.05) is 18.2 Å². The van der Waals surface area contributed by atoms with Crippen LogP contribution in [0.4, 0.5) is 0 Å². The molecule has 2 heterocycles. The topological polar surface area (TPSA) is 105 Å². The lowest BCUT2D eigenvalue weighted by Crippen LogP contribution is -2.42. The van der Waals surface area contributed by atoms with E-state index in [0.717, 1.165) is 0 Å². The van der Waals surface area contributed by atoms with E-state index in [1.54, 1.807) is 19.1 Å². The van der Waals surface area contributed by atoms with Gasteiger partial charge in [0.1, 0.15) is 0 Å². The Bertz CT molecular complexity index is 940. The zero-order valence-electron chi connectivity index (χ0n) is 13.8. The van der Waals surface area contributed by atoms with Crippen molar-refractivity contribution in [3.8, 4) is 0 Å². The van der Waals surface area contributed by atoms with Gasteiger partial charge in [0, 0.05) is 17.5 Å². The Morgan fingerprint density at radius 2 is 2.00 bits per heavy atom. The van der Waals surface area contributed by atoms with Crippen LogP contribution in [0.25, 0.3) is 10.9 Å². The molecule has 1 atom stereocenters. The van der Waals surface area contributed by atoms with Crippen LogP contribution in [0.2, 0.25) is 0 Å². The molecule has 7 nitrogen and oxygen atoms in total. The molecule has 0 radical (unpaired) electrons. The number of benzene rings is 1. The monoisotopic (exact) mass is 361 g/mol. The van der Waals surface area contributed by atoms with Gasteiger partial charge in [0.2, 0.25) is 5.91 Å². The summed E-state index contributed by atoms with van der Waals surface area (Å²) >= 11 is 0. The number of aryl methyl sites for hydroxylation is 1. The highest BCUT2D eigenvalue weighted by molar-refractivity contribution is 7.91. The smallest absolute Gasteiger partial charge is 0.270 e. The largest absolute Gasteiger partial charge is 0.273 e. The van der Waals surface area contributed by atoms with Crippen molar-refractivity contribution in [2.75, 3.05) is 11.5 Å². The van der Waals surface area contributed by atoms with Crippen LogP contribution < -0.4 is 10.9 Å². The number of fused-ring (bicyclic) bond motifs is 1. The van der Waals surface area contributed by atoms with Gasteiger partial charge in [-0.3, -0.25) is 25.4 Å². The second kappa shape index (κ2) is 6.79. The predicted molar refractivity (Wildman–Crippen MR) is 93.5 cm³/mol. The van der Waals surface area contributed by atoms with Crippen LogP contribution in [-0.2, 0) is 14.6 Å². The number of nitrogens with one attached hydrogen (secondary N) is 2. The molecule has 132 valence electrons. The molecule has 0 spiro atoms. The highest BCUT2D eigenvalue weighted by atomic mass is 32.2. The number of amides is 2. The summed E-state index contributed by atoms with van der Waals surface area (Å²) in [6.07, 6.45) is 0.563.